The summed E-state index contributed by atoms with van der Waals surface area (Å²) in [6, 6.07) is 17.0. The van der Waals surface area contributed by atoms with Crippen LogP contribution in [-0.4, -0.2) is 28.5 Å². The smallest absolute Gasteiger partial charge is 0.0847 e. The van der Waals surface area contributed by atoms with Crippen LogP contribution in [0, 0.1) is 0 Å². The molecule has 0 aliphatic carbocycles. The van der Waals surface area contributed by atoms with E-state index in [0.29, 0.717) is 6.54 Å². The summed E-state index contributed by atoms with van der Waals surface area (Å²) in [5.41, 5.74) is 5.14. The summed E-state index contributed by atoms with van der Waals surface area (Å²) in [6.45, 7) is 3.42. The van der Waals surface area contributed by atoms with Crippen molar-refractivity contribution in [1.82, 2.24) is 4.90 Å². The molecule has 0 spiro atoms. The Labute approximate surface area is 136 Å². The quantitative estimate of drug-likeness (QED) is 0.803. The van der Waals surface area contributed by atoms with E-state index >= 15 is 0 Å². The topological polar surface area (TPSA) is 35.5 Å². The molecule has 1 heterocycles. The van der Waals surface area contributed by atoms with E-state index in [4.69, 9.17) is 11.6 Å². The number of fused-ring (bicyclic) bond motifs is 1. The molecule has 116 valence electrons. The van der Waals surface area contributed by atoms with Gasteiger partial charge in [0.2, 0.25) is 0 Å². The van der Waals surface area contributed by atoms with Gasteiger partial charge in [0, 0.05) is 31.9 Å². The Kier molecular flexibility index (Phi) is 4.98. The number of nitrogens with one attached hydrogen (secondary N) is 1. The average Bonchev–Trinajstić information content (AvgIpc) is 2.94. The summed E-state index contributed by atoms with van der Waals surface area (Å²) in [6.07, 6.45) is -0.510. The highest BCUT2D eigenvalue weighted by atomic mass is 35.5. The molecule has 1 aliphatic rings. The molecule has 1 aliphatic heterocycles. The molecule has 2 aromatic rings. The van der Waals surface area contributed by atoms with Crippen LogP contribution < -0.4 is 5.32 Å². The Balaban J connectivity index is 1.61. The van der Waals surface area contributed by atoms with Crippen LogP contribution in [0.1, 0.15) is 16.7 Å². The van der Waals surface area contributed by atoms with Crippen molar-refractivity contribution in [2.24, 2.45) is 0 Å². The summed E-state index contributed by atoms with van der Waals surface area (Å²) < 4.78 is 0. The third kappa shape index (κ3) is 3.80. The van der Waals surface area contributed by atoms with Gasteiger partial charge in [-0.25, -0.2) is 0 Å². The summed E-state index contributed by atoms with van der Waals surface area (Å²) in [4.78, 5) is 2.44. The van der Waals surface area contributed by atoms with Crippen molar-refractivity contribution in [2.45, 2.75) is 25.7 Å². The van der Waals surface area contributed by atoms with Crippen molar-refractivity contribution in [1.29, 1.82) is 0 Å². The summed E-state index contributed by atoms with van der Waals surface area (Å²) in [7, 11) is 0. The number of hydrogen-bond acceptors (Lipinski definition) is 3. The molecular weight excluding hydrogens is 296 g/mol. The second kappa shape index (κ2) is 7.14. The number of halogens is 1. The predicted octanol–water partition coefficient (Wildman–Crippen LogP) is 3.21. The third-order valence-corrected chi connectivity index (χ3v) is 4.32. The van der Waals surface area contributed by atoms with Gasteiger partial charge in [-0.3, -0.25) is 4.90 Å². The Morgan fingerprint density at radius 3 is 2.64 bits per heavy atom. The highest BCUT2D eigenvalue weighted by Crippen LogP contribution is 2.27. The van der Waals surface area contributed by atoms with Gasteiger partial charge in [-0.15, -0.1) is 11.6 Å². The predicted molar refractivity (Wildman–Crippen MR) is 91.1 cm³/mol. The minimum absolute atomic E-state index is 0.253. The lowest BCUT2D eigenvalue weighted by Crippen LogP contribution is -2.20. The number of aliphatic hydroxyl groups excluding tert-OH is 1. The molecule has 22 heavy (non-hydrogen) atoms. The normalized spacial score (nSPS) is 15.5. The first-order valence-corrected chi connectivity index (χ1v) is 8.14. The van der Waals surface area contributed by atoms with Crippen molar-refractivity contribution >= 4 is 17.3 Å². The number of rotatable bonds is 6. The Morgan fingerprint density at radius 1 is 1.09 bits per heavy atom. The zero-order valence-electron chi connectivity index (χ0n) is 12.5. The first-order valence-electron chi connectivity index (χ1n) is 7.60. The maximum absolute atomic E-state index is 9.52. The van der Waals surface area contributed by atoms with Crippen LogP contribution in [0.5, 0.6) is 0 Å². The van der Waals surface area contributed by atoms with Crippen molar-refractivity contribution in [2.75, 3.05) is 17.7 Å². The van der Waals surface area contributed by atoms with E-state index < -0.39 is 6.10 Å². The van der Waals surface area contributed by atoms with E-state index in [2.05, 4.69) is 58.7 Å². The van der Waals surface area contributed by atoms with E-state index in [1.165, 1.54) is 16.7 Å². The molecule has 0 amide bonds. The van der Waals surface area contributed by atoms with Gasteiger partial charge >= 0.3 is 0 Å². The van der Waals surface area contributed by atoms with E-state index in [9.17, 15) is 5.11 Å². The molecular formula is C18H21ClN2O. The van der Waals surface area contributed by atoms with Gasteiger partial charge < -0.3 is 10.4 Å². The maximum Gasteiger partial charge on any atom is 0.0847 e. The van der Waals surface area contributed by atoms with Crippen LogP contribution in [-0.2, 0) is 19.6 Å². The van der Waals surface area contributed by atoms with Crippen molar-refractivity contribution in [3.05, 3.63) is 65.2 Å². The van der Waals surface area contributed by atoms with Gasteiger partial charge in [-0.1, -0.05) is 36.4 Å². The zero-order valence-corrected chi connectivity index (χ0v) is 13.3. The molecule has 0 radical (unpaired) electrons. The zero-order chi connectivity index (χ0) is 15.4. The van der Waals surface area contributed by atoms with Crippen LogP contribution in [0.3, 0.4) is 0 Å². The van der Waals surface area contributed by atoms with Crippen molar-refractivity contribution in [3.63, 3.8) is 0 Å². The third-order valence-electron chi connectivity index (χ3n) is 3.96. The minimum atomic E-state index is -0.510. The average molecular weight is 317 g/mol. The lowest BCUT2D eigenvalue weighted by Gasteiger charge is -2.14. The fourth-order valence-electron chi connectivity index (χ4n) is 2.82. The molecule has 0 saturated carbocycles. The van der Waals surface area contributed by atoms with E-state index in [1.54, 1.807) is 0 Å². The fraction of sp³-hybridized carbons (Fsp3) is 0.333. The van der Waals surface area contributed by atoms with E-state index in [1.807, 2.05) is 0 Å². The van der Waals surface area contributed by atoms with Gasteiger partial charge in [0.1, 0.15) is 0 Å². The number of nitrogens with zero attached hydrogens (tertiary/aromatic N) is 1. The van der Waals surface area contributed by atoms with Crippen molar-refractivity contribution in [3.8, 4) is 0 Å². The maximum atomic E-state index is 9.52. The molecule has 0 fully saturated rings. The number of aliphatic hydroxyl groups is 1. The molecule has 2 N–H and O–H groups in total. The largest absolute Gasteiger partial charge is 0.390 e. The number of benzene rings is 2. The van der Waals surface area contributed by atoms with Crippen LogP contribution in [0.2, 0.25) is 0 Å². The van der Waals surface area contributed by atoms with Crippen LogP contribution in [0.25, 0.3) is 0 Å². The SMILES string of the molecule is OC(CCl)CNc1ccc2c(c1)CN(Cc1ccccc1)C2. The summed E-state index contributed by atoms with van der Waals surface area (Å²) >= 11 is 5.61. The standard InChI is InChI=1S/C18H21ClN2O/c19-9-18(22)10-20-17-7-6-15-12-21(13-16(15)8-17)11-14-4-2-1-3-5-14/h1-8,18,20,22H,9-13H2. The monoisotopic (exact) mass is 316 g/mol. The number of alkyl halides is 1. The molecule has 3 nitrogen and oxygen atoms in total. The molecule has 4 heteroatoms. The molecule has 2 aromatic carbocycles. The minimum Gasteiger partial charge on any atom is -0.390 e. The molecule has 0 saturated heterocycles. The number of anilines is 1. The van der Waals surface area contributed by atoms with Gasteiger partial charge in [0.25, 0.3) is 0 Å². The van der Waals surface area contributed by atoms with Crippen LogP contribution in [0.4, 0.5) is 5.69 Å². The first kappa shape index (κ1) is 15.3. The second-order valence-electron chi connectivity index (χ2n) is 5.80. The molecule has 1 atom stereocenters. The van der Waals surface area contributed by atoms with E-state index in [-0.39, 0.29) is 5.88 Å². The van der Waals surface area contributed by atoms with Gasteiger partial charge in [0.15, 0.2) is 0 Å². The lowest BCUT2D eigenvalue weighted by molar-refractivity contribution is 0.211. The van der Waals surface area contributed by atoms with Crippen LogP contribution in [0.15, 0.2) is 48.5 Å². The Morgan fingerprint density at radius 2 is 1.86 bits per heavy atom. The highest BCUT2D eigenvalue weighted by Gasteiger charge is 2.19. The first-order chi connectivity index (χ1) is 10.7. The van der Waals surface area contributed by atoms with Crippen molar-refractivity contribution < 1.29 is 5.11 Å². The summed E-state index contributed by atoms with van der Waals surface area (Å²) in [5.74, 6) is 0.253. The van der Waals surface area contributed by atoms with Gasteiger partial charge in [-0.05, 0) is 28.8 Å². The Hall–Kier alpha value is -1.55. The van der Waals surface area contributed by atoms with Gasteiger partial charge in [-0.2, -0.15) is 0 Å². The molecule has 0 bridgehead atoms. The summed E-state index contributed by atoms with van der Waals surface area (Å²) in [5, 5.41) is 12.8. The second-order valence-corrected chi connectivity index (χ2v) is 6.11. The molecule has 0 aromatic heterocycles. The lowest BCUT2D eigenvalue weighted by atomic mass is 10.1. The van der Waals surface area contributed by atoms with Crippen LogP contribution >= 0.6 is 11.6 Å². The molecule has 3 rings (SSSR count). The van der Waals surface area contributed by atoms with E-state index in [0.717, 1.165) is 25.3 Å². The fourth-order valence-corrected chi connectivity index (χ4v) is 2.93. The highest BCUT2D eigenvalue weighted by molar-refractivity contribution is 6.18. The molecule has 1 unspecified atom stereocenters. The van der Waals surface area contributed by atoms with Gasteiger partial charge in [0.05, 0.1) is 12.0 Å². The Bertz CT molecular complexity index is 618. The number of hydrogen-bond donors (Lipinski definition) is 2.